The van der Waals surface area contributed by atoms with Crippen molar-refractivity contribution < 1.29 is 18.3 Å². The van der Waals surface area contributed by atoms with Crippen LogP contribution in [-0.2, 0) is 21.2 Å². The maximum atomic E-state index is 12.1. The highest BCUT2D eigenvalue weighted by Gasteiger charge is 2.20. The lowest BCUT2D eigenvalue weighted by atomic mass is 10.3. The van der Waals surface area contributed by atoms with Crippen molar-refractivity contribution in [2.75, 3.05) is 4.72 Å². The third-order valence-electron chi connectivity index (χ3n) is 2.21. The molecule has 0 spiro atoms. The minimum Gasteiger partial charge on any atom is -0.481 e. The molecular weight excluding hydrogens is 344 g/mol. The summed E-state index contributed by atoms with van der Waals surface area (Å²) in [6, 6.07) is 1.47. The van der Waals surface area contributed by atoms with Crippen molar-refractivity contribution in [3.63, 3.8) is 0 Å². The van der Waals surface area contributed by atoms with Crippen molar-refractivity contribution in [1.29, 1.82) is 0 Å². The number of halogens is 1. The van der Waals surface area contributed by atoms with Gasteiger partial charge in [0, 0.05) is 5.38 Å². The largest absolute Gasteiger partial charge is 0.481 e. The molecule has 0 aliphatic rings. The van der Waals surface area contributed by atoms with Gasteiger partial charge in [-0.25, -0.2) is 13.4 Å². The monoisotopic (exact) mass is 352 g/mol. The fraction of sp³-hybridized carbons (Fsp3) is 0.200. The van der Waals surface area contributed by atoms with E-state index in [0.717, 1.165) is 22.7 Å². The van der Waals surface area contributed by atoms with Crippen LogP contribution in [0.5, 0.6) is 0 Å². The van der Waals surface area contributed by atoms with E-state index in [1.54, 1.807) is 6.92 Å². The van der Waals surface area contributed by atoms with E-state index in [4.69, 9.17) is 16.7 Å². The number of anilines is 1. The van der Waals surface area contributed by atoms with Crippen LogP contribution in [0.25, 0.3) is 0 Å². The van der Waals surface area contributed by atoms with Crippen molar-refractivity contribution >= 4 is 55.4 Å². The zero-order chi connectivity index (χ0) is 14.9. The number of rotatable bonds is 5. The average molecular weight is 353 g/mol. The highest BCUT2D eigenvalue weighted by Crippen LogP contribution is 2.31. The van der Waals surface area contributed by atoms with Crippen molar-refractivity contribution in [2.45, 2.75) is 17.6 Å². The summed E-state index contributed by atoms with van der Waals surface area (Å²) >= 11 is 7.83. The summed E-state index contributed by atoms with van der Waals surface area (Å²) in [7, 11) is -3.75. The lowest BCUT2D eigenvalue weighted by molar-refractivity contribution is -0.136. The van der Waals surface area contributed by atoms with E-state index < -0.39 is 16.0 Å². The number of aromatic nitrogens is 1. The van der Waals surface area contributed by atoms with Gasteiger partial charge in [-0.2, -0.15) is 0 Å². The van der Waals surface area contributed by atoms with Gasteiger partial charge in [-0.05, 0) is 18.6 Å². The Morgan fingerprint density at radius 1 is 1.55 bits per heavy atom. The first-order valence-electron chi connectivity index (χ1n) is 5.23. The van der Waals surface area contributed by atoms with Gasteiger partial charge in [-0.1, -0.05) is 11.6 Å². The van der Waals surface area contributed by atoms with Crippen LogP contribution in [0.2, 0.25) is 4.34 Å². The first kappa shape index (κ1) is 15.2. The zero-order valence-corrected chi connectivity index (χ0v) is 13.3. The Kier molecular flexibility index (Phi) is 4.33. The number of nitrogens with one attached hydrogen (secondary N) is 1. The molecule has 2 aromatic heterocycles. The Hall–Kier alpha value is -1.16. The van der Waals surface area contributed by atoms with Gasteiger partial charge in [0.2, 0.25) is 0 Å². The molecule has 0 amide bonds. The predicted molar refractivity (Wildman–Crippen MR) is 78.3 cm³/mol. The Morgan fingerprint density at radius 2 is 2.25 bits per heavy atom. The first-order chi connectivity index (χ1) is 9.28. The molecule has 2 heterocycles. The molecule has 0 fully saturated rings. The summed E-state index contributed by atoms with van der Waals surface area (Å²) in [5.41, 5.74) is 0.989. The lowest BCUT2D eigenvalue weighted by Crippen LogP contribution is -2.11. The summed E-state index contributed by atoms with van der Waals surface area (Å²) in [5, 5.41) is 10.3. The molecule has 10 heteroatoms. The summed E-state index contributed by atoms with van der Waals surface area (Å²) in [5.74, 6) is -1.02. The Bertz CT molecular complexity index is 731. The number of hydrogen-bond donors (Lipinski definition) is 2. The van der Waals surface area contributed by atoms with Crippen LogP contribution in [0.1, 0.15) is 11.3 Å². The molecule has 0 radical (unpaired) electrons. The summed E-state index contributed by atoms with van der Waals surface area (Å²) in [4.78, 5) is 14.4. The van der Waals surface area contributed by atoms with Gasteiger partial charge in [0.1, 0.15) is 4.21 Å². The molecule has 2 rings (SSSR count). The molecule has 6 nitrogen and oxygen atoms in total. The minimum absolute atomic E-state index is 0.0926. The molecule has 20 heavy (non-hydrogen) atoms. The minimum atomic E-state index is -3.75. The molecule has 2 aromatic rings. The van der Waals surface area contributed by atoms with Crippen molar-refractivity contribution in [3.05, 3.63) is 27.0 Å². The van der Waals surface area contributed by atoms with Gasteiger partial charge >= 0.3 is 5.97 Å². The van der Waals surface area contributed by atoms with Crippen LogP contribution in [0.3, 0.4) is 0 Å². The van der Waals surface area contributed by atoms with Crippen molar-refractivity contribution in [2.24, 2.45) is 0 Å². The zero-order valence-electron chi connectivity index (χ0n) is 10.1. The Morgan fingerprint density at radius 3 is 2.80 bits per heavy atom. The van der Waals surface area contributed by atoms with E-state index in [-0.39, 0.29) is 15.8 Å². The number of carbonyl (C=O) groups is 1. The van der Waals surface area contributed by atoms with E-state index in [1.807, 2.05) is 0 Å². The number of sulfonamides is 1. The highest BCUT2D eigenvalue weighted by molar-refractivity contribution is 7.94. The number of carboxylic acids is 1. The molecule has 108 valence electrons. The quantitative estimate of drug-likeness (QED) is 0.862. The number of thiophene rings is 1. The lowest BCUT2D eigenvalue weighted by Gasteiger charge is -2.01. The van der Waals surface area contributed by atoms with Crippen LogP contribution in [0.4, 0.5) is 5.13 Å². The maximum Gasteiger partial charge on any atom is 0.309 e. The summed E-state index contributed by atoms with van der Waals surface area (Å²) in [6.45, 7) is 1.71. The second-order valence-electron chi connectivity index (χ2n) is 3.84. The second-order valence-corrected chi connectivity index (χ2v) is 8.26. The molecule has 0 bridgehead atoms. The van der Waals surface area contributed by atoms with E-state index >= 15 is 0 Å². The fourth-order valence-electron chi connectivity index (χ4n) is 1.32. The van der Waals surface area contributed by atoms with Gasteiger partial charge in [0.25, 0.3) is 10.0 Å². The van der Waals surface area contributed by atoms with E-state index in [0.29, 0.717) is 15.6 Å². The molecule has 0 atom stereocenters. The second kappa shape index (κ2) is 5.68. The highest BCUT2D eigenvalue weighted by atomic mass is 35.5. The number of thiazole rings is 1. The third-order valence-corrected chi connectivity index (χ3v) is 6.51. The van der Waals surface area contributed by atoms with Gasteiger partial charge < -0.3 is 5.11 Å². The Balaban J connectivity index is 2.20. The summed E-state index contributed by atoms with van der Waals surface area (Å²) in [6.07, 6.45) is -0.248. The average Bonchev–Trinajstić information content (AvgIpc) is 2.86. The van der Waals surface area contributed by atoms with E-state index in [9.17, 15) is 13.2 Å². The number of carboxylic acid groups (broad SMARTS) is 1. The third kappa shape index (κ3) is 3.48. The molecule has 0 aliphatic heterocycles. The normalized spacial score (nSPS) is 11.5. The van der Waals surface area contributed by atoms with Crippen molar-refractivity contribution in [1.82, 2.24) is 4.98 Å². The molecule has 0 saturated heterocycles. The molecular formula is C10H9ClN2O4S3. The molecule has 2 N–H and O–H groups in total. The van der Waals surface area contributed by atoms with Gasteiger partial charge in [-0.3, -0.25) is 9.52 Å². The summed E-state index contributed by atoms with van der Waals surface area (Å²) < 4.78 is 27.0. The van der Waals surface area contributed by atoms with Gasteiger partial charge in [-0.15, -0.1) is 22.7 Å². The van der Waals surface area contributed by atoms with E-state index in [1.165, 1.54) is 11.4 Å². The predicted octanol–water partition coefficient (Wildman–Crippen LogP) is 2.59. The van der Waals surface area contributed by atoms with Crippen molar-refractivity contribution in [3.8, 4) is 0 Å². The van der Waals surface area contributed by atoms with Crippen LogP contribution < -0.4 is 4.72 Å². The molecule has 0 aromatic carbocycles. The van der Waals surface area contributed by atoms with E-state index in [2.05, 4.69) is 9.71 Å². The SMILES string of the molecule is Cc1cc(S(=O)(=O)Nc2nc(CC(=O)O)cs2)sc1Cl. The fourth-order valence-corrected chi connectivity index (χ4v) is 4.99. The Labute approximate surface area is 128 Å². The van der Waals surface area contributed by atoms with Crippen LogP contribution in [-0.4, -0.2) is 24.5 Å². The van der Waals surface area contributed by atoms with Crippen LogP contribution in [0, 0.1) is 6.92 Å². The standard InChI is InChI=1S/C10H9ClN2O4S3/c1-5-2-8(19-9(5)11)20(16,17)13-10-12-6(4-18-10)3-7(14)15/h2,4H,3H2,1H3,(H,12,13)(H,14,15). The van der Waals surface area contributed by atoms with Gasteiger partial charge in [0.15, 0.2) is 5.13 Å². The molecule has 0 aliphatic carbocycles. The number of aliphatic carboxylic acids is 1. The van der Waals surface area contributed by atoms with Crippen LogP contribution in [0.15, 0.2) is 15.7 Å². The topological polar surface area (TPSA) is 96.4 Å². The maximum absolute atomic E-state index is 12.1. The number of aryl methyl sites for hydroxylation is 1. The van der Waals surface area contributed by atoms with Gasteiger partial charge in [0.05, 0.1) is 16.5 Å². The number of nitrogens with zero attached hydrogens (tertiary/aromatic N) is 1. The molecule has 0 saturated carbocycles. The molecule has 0 unspecified atom stereocenters. The smallest absolute Gasteiger partial charge is 0.309 e. The van der Waals surface area contributed by atoms with Crippen LogP contribution >= 0.6 is 34.3 Å². The number of hydrogen-bond acceptors (Lipinski definition) is 6. The first-order valence-corrected chi connectivity index (χ1v) is 8.78.